The molecule has 9 N–H and O–H groups in total. The number of aldehydes is 1. The summed E-state index contributed by atoms with van der Waals surface area (Å²) in [6, 6.07) is -2.49. The van der Waals surface area contributed by atoms with Crippen LogP contribution in [0.3, 0.4) is 0 Å². The molecule has 0 aromatic carbocycles. The SMILES string of the molecule is CC(C)(C)OC(=O)N1CCCC1C(=O)O.CCC(=O)[C@@H](C)C=O.CCCC(NC(=O)C1CCCN1C(=O)[C@@H](C)/C=C/[C@H](CC(C)C)NC)C(=O)NC.CCC[C@H](C)C(=O)CC.CCC[C@H](N)C(=O)CC.CCC[C@H](NC(=O)C1CCCN1C(=O)OC(C)(C)C)C(=O)CC.CN[C@H](/C=C/[C@H](C)C(=O)O)CC(C)C.[H+]. The number of nitrogens with two attached hydrogens (primary N) is 1. The molecule has 0 saturated carbocycles. The van der Waals surface area contributed by atoms with Gasteiger partial charge in [-0.05, 0) is 158 Å². The van der Waals surface area contributed by atoms with E-state index < -0.39 is 77.4 Å². The molecule has 4 unspecified atom stereocenters. The van der Waals surface area contributed by atoms with Gasteiger partial charge in [-0.2, -0.15) is 0 Å². The highest BCUT2D eigenvalue weighted by molar-refractivity contribution is 5.94. The number of carboxylic acids is 2. The maximum Gasteiger partial charge on any atom is 1.00 e. The Balaban J connectivity index is -0.000000401. The Morgan fingerprint density at radius 2 is 0.860 bits per heavy atom. The zero-order chi connectivity index (χ0) is 83.5. The normalized spacial score (nSPS) is 17.9. The molecule has 0 aromatic rings. The number of carboxylic acid groups (broad SMARTS) is 2. The first-order valence-electron chi connectivity index (χ1n) is 39.5. The first kappa shape index (κ1) is 106. The van der Waals surface area contributed by atoms with E-state index >= 15 is 0 Å². The minimum absolute atomic E-state index is 0. The van der Waals surface area contributed by atoms with E-state index in [1.807, 2.05) is 74.7 Å². The number of rotatable bonds is 35. The number of carbonyl (C=O) groups is 13. The van der Waals surface area contributed by atoms with Gasteiger partial charge in [0, 0.05) is 70.4 Å². The number of ketones is 4. The van der Waals surface area contributed by atoms with Crippen LogP contribution in [0, 0.1) is 35.5 Å². The van der Waals surface area contributed by atoms with Gasteiger partial charge in [-0.1, -0.05) is 147 Å². The molecule has 26 heteroatoms. The van der Waals surface area contributed by atoms with Crippen molar-refractivity contribution in [1.82, 2.24) is 41.3 Å². The number of aliphatic carboxylic acids is 2. The second-order valence-electron chi connectivity index (χ2n) is 30.5. The quantitative estimate of drug-likeness (QED) is 0.0166. The predicted molar refractivity (Wildman–Crippen MR) is 425 cm³/mol. The lowest BCUT2D eigenvalue weighted by Gasteiger charge is -2.29. The van der Waals surface area contributed by atoms with Gasteiger partial charge in [-0.15, -0.1) is 0 Å². The fraction of sp³-hybridized carbons (Fsp3) is 0.790. The smallest absolute Gasteiger partial charge is 0.481 e. The Morgan fingerprint density at radius 1 is 0.486 bits per heavy atom. The number of likely N-dealkylation sites (tertiary alicyclic amines) is 3. The molecule has 3 heterocycles. The lowest BCUT2D eigenvalue weighted by atomic mass is 10.00. The molecule has 0 radical (unpaired) electrons. The van der Waals surface area contributed by atoms with Gasteiger partial charge in [-0.3, -0.25) is 53.0 Å². The van der Waals surface area contributed by atoms with Crippen molar-refractivity contribution in [3.8, 4) is 0 Å². The van der Waals surface area contributed by atoms with Crippen molar-refractivity contribution in [2.24, 2.45) is 41.2 Å². The van der Waals surface area contributed by atoms with Gasteiger partial charge in [0.1, 0.15) is 59.0 Å². The van der Waals surface area contributed by atoms with Crippen LogP contribution in [0.5, 0.6) is 0 Å². The van der Waals surface area contributed by atoms with Gasteiger partial charge in [0.15, 0.2) is 5.78 Å². The van der Waals surface area contributed by atoms with Crippen molar-refractivity contribution in [2.75, 3.05) is 40.8 Å². The molecule has 0 bridgehead atoms. The summed E-state index contributed by atoms with van der Waals surface area (Å²) in [7, 11) is 5.38. The lowest BCUT2D eigenvalue weighted by Crippen LogP contribution is -2.53. The van der Waals surface area contributed by atoms with E-state index in [1.165, 1.54) is 9.80 Å². The summed E-state index contributed by atoms with van der Waals surface area (Å²) >= 11 is 0. The predicted octanol–water partition coefficient (Wildman–Crippen LogP) is 12.3. The number of amides is 6. The molecule has 0 aliphatic carbocycles. The number of Topliss-reactive ketones (excluding diaryl/α,β-unsaturated/α-hetero) is 4. The van der Waals surface area contributed by atoms with Crippen molar-refractivity contribution in [3.05, 3.63) is 24.3 Å². The number of ether oxygens (including phenoxy) is 2. The molecule has 3 rings (SSSR count). The van der Waals surface area contributed by atoms with E-state index in [9.17, 15) is 62.3 Å². The summed E-state index contributed by atoms with van der Waals surface area (Å²) < 4.78 is 10.5. The summed E-state index contributed by atoms with van der Waals surface area (Å²) in [5.41, 5.74) is 4.31. The summed E-state index contributed by atoms with van der Waals surface area (Å²) in [6.07, 6.45) is 22.3. The van der Waals surface area contributed by atoms with Crippen molar-refractivity contribution >= 4 is 77.2 Å². The topological polar surface area (TPSA) is 377 Å². The molecule has 3 aliphatic heterocycles. The summed E-state index contributed by atoms with van der Waals surface area (Å²) in [5.74, 6) is -1.48. The Labute approximate surface area is 645 Å². The molecule has 26 nitrogen and oxygen atoms in total. The molecule has 0 spiro atoms. The Bertz CT molecular complexity index is 2670. The monoisotopic (exact) mass is 1520 g/mol. The molecule has 12 atom stereocenters. The van der Waals surface area contributed by atoms with Crippen molar-refractivity contribution in [1.29, 1.82) is 0 Å². The Morgan fingerprint density at radius 3 is 1.21 bits per heavy atom. The third-order valence-electron chi connectivity index (χ3n) is 17.6. The Hall–Kier alpha value is -6.93. The highest BCUT2D eigenvalue weighted by atomic mass is 16.6. The molecule has 3 saturated heterocycles. The van der Waals surface area contributed by atoms with Crippen molar-refractivity contribution in [3.63, 3.8) is 0 Å². The van der Waals surface area contributed by atoms with Crippen LogP contribution >= 0.6 is 0 Å². The zero-order valence-corrected chi connectivity index (χ0v) is 70.7. The third-order valence-corrected chi connectivity index (χ3v) is 17.6. The first-order valence-corrected chi connectivity index (χ1v) is 39.5. The van der Waals surface area contributed by atoms with Gasteiger partial charge in [-0.25, -0.2) is 14.4 Å². The maximum atomic E-state index is 13.0. The van der Waals surface area contributed by atoms with Gasteiger partial charge < -0.3 is 61.7 Å². The van der Waals surface area contributed by atoms with Crippen LogP contribution in [0.1, 0.15) is 282 Å². The van der Waals surface area contributed by atoms with Gasteiger partial charge in [0.05, 0.1) is 29.8 Å². The molecule has 620 valence electrons. The number of carbonyl (C=O) groups excluding carboxylic acids is 11. The van der Waals surface area contributed by atoms with Crippen LogP contribution in [-0.4, -0.2) is 202 Å². The number of likely N-dealkylation sites (N-methyl/N-ethyl adjacent to an activating group) is 3. The molecule has 3 fully saturated rings. The first-order chi connectivity index (χ1) is 49.9. The Kier molecular flexibility index (Phi) is 58.7. The van der Waals surface area contributed by atoms with Crippen LogP contribution in [0.4, 0.5) is 9.59 Å². The van der Waals surface area contributed by atoms with E-state index in [4.69, 9.17) is 25.4 Å². The molecule has 107 heavy (non-hydrogen) atoms. The maximum absolute atomic E-state index is 13.0. The van der Waals surface area contributed by atoms with Gasteiger partial charge in [0.25, 0.3) is 0 Å². The van der Waals surface area contributed by atoms with E-state index in [0.717, 1.165) is 70.6 Å². The number of nitrogens with zero attached hydrogens (tertiary/aromatic N) is 3. The van der Waals surface area contributed by atoms with Crippen LogP contribution in [0.15, 0.2) is 24.3 Å². The molecule has 6 amide bonds. The highest BCUT2D eigenvalue weighted by Crippen LogP contribution is 2.25. The second-order valence-corrected chi connectivity index (χ2v) is 30.5. The standard InChI is InChI=1S/C22H40N4O3.C17H30N2O4.C11H21NO2.C10H17NO4.C8H16O.C7H15NO.C6H10O2/c1-7-9-18(20(27)24-6)25-21(28)19-10-8-13-26(19)22(29)16(4)11-12-17(23-5)14-15(2)3;1-6-9-12(14(20)7-2)18-15(21)13-10-8-11-19(13)16(22)23-17(3,4)5;1-8(2)7-10(12-4)6-5-9(3)11(13)14;1-10(2,3)15-9(14)11-6-4-5-7(11)8(12)13;1-4-6-7(3)8(9)5-2;1-3-5-6(8)7(9)4-2;1-3-6(8)5(2)4-7/h11-12,15-19,23H,7-10,13-14H2,1-6H3,(H,24,27)(H,25,28);12-13H,6-11H2,1-5H3,(H,18,21);5-6,8-10,12H,7H2,1-4H3,(H,13,14);7H,4-6H2,1-3H3,(H,12,13);7H,4-6H2,1-3H3;6H,3-5,8H2,1-2H3;4-5H,3H2,1-2H3/p+1/b12-11+;;6-5+;;;;/t16-,17+,18?,19?;12-,13?;9-,10+;;7-;6-;5-/m000.000/s1. The van der Waals surface area contributed by atoms with E-state index in [1.54, 1.807) is 87.3 Å². The van der Waals surface area contributed by atoms with E-state index in [2.05, 4.69) is 67.3 Å². The summed E-state index contributed by atoms with van der Waals surface area (Å²) in [5, 5.41) is 32.2. The van der Waals surface area contributed by atoms with Crippen molar-refractivity contribution < 1.29 is 83.4 Å². The van der Waals surface area contributed by atoms with Crippen LogP contribution < -0.4 is 32.3 Å². The zero-order valence-electron chi connectivity index (χ0n) is 71.7. The number of nitrogens with one attached hydrogen (secondary N) is 5. The van der Waals surface area contributed by atoms with Crippen LogP contribution in [0.2, 0.25) is 0 Å². The minimum Gasteiger partial charge on any atom is -0.481 e. The summed E-state index contributed by atoms with van der Waals surface area (Å²) in [6.45, 7) is 43.5. The fourth-order valence-electron chi connectivity index (χ4n) is 11.3. The van der Waals surface area contributed by atoms with E-state index in [-0.39, 0.29) is 66.4 Å². The third kappa shape index (κ3) is 48.3. The number of hydrogen-bond donors (Lipinski definition) is 8. The average Bonchev–Trinajstić information content (AvgIpc) is 1.69. The van der Waals surface area contributed by atoms with Crippen LogP contribution in [0.25, 0.3) is 0 Å². The largest absolute Gasteiger partial charge is 1.00 e. The van der Waals surface area contributed by atoms with E-state index in [0.29, 0.717) is 107 Å². The molecule has 0 aromatic heterocycles. The molecular weight excluding hydrogens is 1370 g/mol. The average molecular weight is 1520 g/mol. The van der Waals surface area contributed by atoms with Crippen molar-refractivity contribution in [2.45, 2.75) is 340 Å². The number of hydrogen-bond acceptors (Lipinski definition) is 18. The second kappa shape index (κ2) is 59.0. The molecule has 3 aliphatic rings. The minimum atomic E-state index is -0.960. The molecular formula is C81H150N9O17+. The van der Waals surface area contributed by atoms with Crippen LogP contribution in [-0.2, 0) is 62.2 Å². The summed E-state index contributed by atoms with van der Waals surface area (Å²) in [4.78, 5) is 154. The lowest BCUT2D eigenvalue weighted by molar-refractivity contribution is -0.142. The van der Waals surface area contributed by atoms with Gasteiger partial charge >= 0.3 is 25.6 Å². The van der Waals surface area contributed by atoms with Gasteiger partial charge in [0.2, 0.25) is 23.6 Å². The fourth-order valence-corrected chi connectivity index (χ4v) is 11.3. The highest BCUT2D eigenvalue weighted by Gasteiger charge is 2.40.